The lowest BCUT2D eigenvalue weighted by Gasteiger charge is -2.43. The first kappa shape index (κ1) is 46.3. The van der Waals surface area contributed by atoms with Crippen molar-refractivity contribution >= 4 is 52.8 Å². The summed E-state index contributed by atoms with van der Waals surface area (Å²) in [7, 11) is 0. The van der Waals surface area contributed by atoms with Gasteiger partial charge in [-0.2, -0.15) is 0 Å². The summed E-state index contributed by atoms with van der Waals surface area (Å²) in [5.41, 5.74) is 0.782. The van der Waals surface area contributed by atoms with Crippen molar-refractivity contribution in [2.24, 2.45) is 0 Å². The Morgan fingerprint density at radius 2 is 1.48 bits per heavy atom. The summed E-state index contributed by atoms with van der Waals surface area (Å²) in [6.07, 6.45) is 8.00. The highest BCUT2D eigenvalue weighted by Gasteiger charge is 2.49. The first-order chi connectivity index (χ1) is 25.0. The Kier molecular flexibility index (Phi) is 23.9. The van der Waals surface area contributed by atoms with Crippen molar-refractivity contribution < 1.29 is 48.3 Å². The normalized spacial score (nSPS) is 20.9. The number of rotatable bonds is 26. The molecular weight excluding hydrogens is 737 g/mol. The molecule has 0 aromatic heterocycles. The number of carbonyl (C=O) groups excluding carboxylic acids is 3. The van der Waals surface area contributed by atoms with Crippen LogP contribution in [-0.2, 0) is 39.9 Å². The Balaban J connectivity index is 2.17. The van der Waals surface area contributed by atoms with Crippen LogP contribution in [0.4, 0.5) is 4.79 Å². The molecule has 0 spiro atoms. The molecule has 0 aliphatic carbocycles. The Morgan fingerprint density at radius 3 is 2.08 bits per heavy atom. The van der Waals surface area contributed by atoms with E-state index < -0.39 is 65.8 Å². The minimum atomic E-state index is -1.92. The summed E-state index contributed by atoms with van der Waals surface area (Å²) in [5, 5.41) is 23.9. The maximum atomic E-state index is 13.7. The van der Waals surface area contributed by atoms with Gasteiger partial charge in [0.1, 0.15) is 31.0 Å². The van der Waals surface area contributed by atoms with E-state index in [9.17, 15) is 24.6 Å². The van der Waals surface area contributed by atoms with Crippen LogP contribution in [0, 0.1) is 0 Å². The van der Waals surface area contributed by atoms with Crippen molar-refractivity contribution in [3.05, 3.63) is 35.9 Å². The summed E-state index contributed by atoms with van der Waals surface area (Å²) in [4.78, 5) is 39.2. The predicted octanol–water partition coefficient (Wildman–Crippen LogP) is 8.24. The molecular formula is C38H60Cl3NO10. The number of halogens is 3. The van der Waals surface area contributed by atoms with Crippen LogP contribution in [0.2, 0.25) is 0 Å². The molecule has 1 aromatic rings. The Labute approximate surface area is 324 Å². The highest BCUT2D eigenvalue weighted by molar-refractivity contribution is 6.67. The number of nitrogens with one attached hydrogen (secondary N) is 1. The number of carbonyl (C=O) groups is 3. The molecule has 1 heterocycles. The average molecular weight is 797 g/mol. The fourth-order valence-electron chi connectivity index (χ4n) is 6.00. The first-order valence-corrected chi connectivity index (χ1v) is 20.1. The molecule has 1 aliphatic rings. The van der Waals surface area contributed by atoms with Crippen LogP contribution in [0.1, 0.15) is 129 Å². The van der Waals surface area contributed by atoms with Crippen LogP contribution in [0.15, 0.2) is 30.3 Å². The van der Waals surface area contributed by atoms with Crippen LogP contribution < -0.4 is 5.32 Å². The molecule has 1 aliphatic heterocycles. The van der Waals surface area contributed by atoms with Crippen LogP contribution in [0.25, 0.3) is 0 Å². The third-order valence-electron chi connectivity index (χ3n) is 8.85. The molecule has 1 saturated heterocycles. The molecule has 6 atom stereocenters. The monoisotopic (exact) mass is 795 g/mol. The van der Waals surface area contributed by atoms with Crippen LogP contribution in [0.5, 0.6) is 0 Å². The molecule has 298 valence electrons. The van der Waals surface area contributed by atoms with E-state index in [1.54, 1.807) is 0 Å². The first-order valence-electron chi connectivity index (χ1n) is 19.0. The summed E-state index contributed by atoms with van der Waals surface area (Å²) >= 11 is 17.1. The smallest absolute Gasteiger partial charge is 0.462 e. The summed E-state index contributed by atoms with van der Waals surface area (Å²) in [6, 6.07) is 7.88. The van der Waals surface area contributed by atoms with Gasteiger partial charge in [-0.3, -0.25) is 9.59 Å². The van der Waals surface area contributed by atoms with Gasteiger partial charge in [0, 0.05) is 6.42 Å². The standard InChI is InChI=1S/C38H60Cl3NO10/c1-3-5-7-9-10-11-12-14-18-22-29(50-32(45)23-19-13-8-6-4-2)24-31(44)42-33-35(52-37(47)49-27-38(39,40)41)34(46)30(25-43)51-36(33)48-26-28-20-16-15-17-21-28/h15-17,20-21,29-30,33-36,43,46H,3-14,18-19,22-27H2,1-2H3,(H,42,44)/t29-,30-,33-,34-,35-,36-/m1/s1. The number of alkyl halides is 3. The number of aliphatic hydroxyl groups excluding tert-OH is 2. The highest BCUT2D eigenvalue weighted by Crippen LogP contribution is 2.29. The van der Waals surface area contributed by atoms with Gasteiger partial charge < -0.3 is 39.2 Å². The van der Waals surface area contributed by atoms with E-state index in [1.165, 1.54) is 32.1 Å². The molecule has 0 saturated carbocycles. The van der Waals surface area contributed by atoms with Crippen molar-refractivity contribution in [2.75, 3.05) is 13.2 Å². The zero-order chi connectivity index (χ0) is 38.2. The quantitative estimate of drug-likeness (QED) is 0.0475. The third kappa shape index (κ3) is 20.0. The Hall–Kier alpha value is -1.86. The number of hydrogen-bond donors (Lipinski definition) is 3. The zero-order valence-corrected chi connectivity index (χ0v) is 33.1. The minimum absolute atomic E-state index is 0.0354. The average Bonchev–Trinajstić information content (AvgIpc) is 3.11. The Morgan fingerprint density at radius 1 is 0.885 bits per heavy atom. The lowest BCUT2D eigenvalue weighted by Crippen LogP contribution is -2.66. The number of ether oxygens (including phenoxy) is 5. The van der Waals surface area contributed by atoms with Gasteiger partial charge in [-0.05, 0) is 24.8 Å². The fraction of sp³-hybridized carbons (Fsp3) is 0.763. The van der Waals surface area contributed by atoms with E-state index in [2.05, 4.69) is 19.2 Å². The second-order valence-corrected chi connectivity index (χ2v) is 16.0. The van der Waals surface area contributed by atoms with E-state index >= 15 is 0 Å². The molecule has 2 rings (SSSR count). The minimum Gasteiger partial charge on any atom is -0.462 e. The second kappa shape index (κ2) is 26.8. The molecule has 11 nitrogen and oxygen atoms in total. The molecule has 3 N–H and O–H groups in total. The SMILES string of the molecule is CCCCCCCCCCC[C@H](CC(=O)N[C@H]1[C@H](OCc2ccccc2)O[C@H](CO)[C@@H](O)[C@@H]1OC(=O)OCC(Cl)(Cl)Cl)OC(=O)CCCCCCC. The topological polar surface area (TPSA) is 150 Å². The summed E-state index contributed by atoms with van der Waals surface area (Å²) in [5.74, 6) is -0.897. The maximum absolute atomic E-state index is 13.7. The molecule has 14 heteroatoms. The zero-order valence-electron chi connectivity index (χ0n) is 30.8. The van der Waals surface area contributed by atoms with Gasteiger partial charge >= 0.3 is 12.1 Å². The van der Waals surface area contributed by atoms with Crippen LogP contribution in [-0.4, -0.2) is 82.0 Å². The van der Waals surface area contributed by atoms with E-state index in [1.807, 2.05) is 30.3 Å². The van der Waals surface area contributed by atoms with Crippen molar-refractivity contribution in [2.45, 2.75) is 170 Å². The maximum Gasteiger partial charge on any atom is 0.508 e. The van der Waals surface area contributed by atoms with E-state index in [0.29, 0.717) is 12.8 Å². The lowest BCUT2D eigenvalue weighted by atomic mass is 9.96. The number of unbranched alkanes of at least 4 members (excludes halogenated alkanes) is 12. The van der Waals surface area contributed by atoms with Gasteiger partial charge in [0.15, 0.2) is 12.4 Å². The van der Waals surface area contributed by atoms with E-state index in [-0.39, 0.29) is 25.4 Å². The highest BCUT2D eigenvalue weighted by atomic mass is 35.6. The number of esters is 1. The molecule has 1 aromatic carbocycles. The summed E-state index contributed by atoms with van der Waals surface area (Å²) < 4.78 is 26.2. The largest absolute Gasteiger partial charge is 0.508 e. The second-order valence-electron chi connectivity index (χ2n) is 13.4. The Bertz CT molecular complexity index is 1130. The molecule has 0 bridgehead atoms. The van der Waals surface area contributed by atoms with Crippen molar-refractivity contribution in [1.82, 2.24) is 5.32 Å². The van der Waals surface area contributed by atoms with Crippen LogP contribution in [0.3, 0.4) is 0 Å². The third-order valence-corrected chi connectivity index (χ3v) is 9.18. The number of amides is 1. The van der Waals surface area contributed by atoms with Gasteiger partial charge in [0.2, 0.25) is 9.70 Å². The molecule has 1 fully saturated rings. The lowest BCUT2D eigenvalue weighted by molar-refractivity contribution is -0.274. The number of benzene rings is 1. The van der Waals surface area contributed by atoms with E-state index in [4.69, 9.17) is 58.5 Å². The van der Waals surface area contributed by atoms with Gasteiger partial charge in [-0.25, -0.2) is 4.79 Å². The molecule has 1 amide bonds. The van der Waals surface area contributed by atoms with Crippen molar-refractivity contribution in [3.63, 3.8) is 0 Å². The van der Waals surface area contributed by atoms with Gasteiger partial charge in [0.05, 0.1) is 19.6 Å². The van der Waals surface area contributed by atoms with Crippen molar-refractivity contribution in [1.29, 1.82) is 0 Å². The molecule has 52 heavy (non-hydrogen) atoms. The van der Waals surface area contributed by atoms with Crippen LogP contribution >= 0.6 is 34.8 Å². The van der Waals surface area contributed by atoms with Crippen molar-refractivity contribution in [3.8, 4) is 0 Å². The van der Waals surface area contributed by atoms with E-state index in [0.717, 1.165) is 56.9 Å². The predicted molar refractivity (Wildman–Crippen MR) is 201 cm³/mol. The molecule has 0 radical (unpaired) electrons. The number of aliphatic hydroxyl groups is 2. The van der Waals surface area contributed by atoms with Gasteiger partial charge in [0.25, 0.3) is 0 Å². The van der Waals surface area contributed by atoms with Gasteiger partial charge in [-0.15, -0.1) is 0 Å². The fourth-order valence-corrected chi connectivity index (χ4v) is 6.16. The summed E-state index contributed by atoms with van der Waals surface area (Å²) in [6.45, 7) is 3.07. The van der Waals surface area contributed by atoms with Gasteiger partial charge in [-0.1, -0.05) is 156 Å². The molecule has 0 unspecified atom stereocenters. The number of hydrogen-bond acceptors (Lipinski definition) is 10.